The van der Waals surface area contributed by atoms with E-state index in [0.717, 1.165) is 32.6 Å². The molecule has 21 heavy (non-hydrogen) atoms. The molecule has 0 saturated carbocycles. The lowest BCUT2D eigenvalue weighted by atomic mass is 10.3. The predicted octanol–water partition coefficient (Wildman–Crippen LogP) is 1.71. The van der Waals surface area contributed by atoms with Crippen molar-refractivity contribution in [1.82, 2.24) is 19.8 Å². The summed E-state index contributed by atoms with van der Waals surface area (Å²) in [7, 11) is 1.77. The van der Waals surface area contributed by atoms with Gasteiger partial charge in [0.1, 0.15) is 11.5 Å². The maximum Gasteiger partial charge on any atom is 0.274 e. The molecule has 6 nitrogen and oxygen atoms in total. The summed E-state index contributed by atoms with van der Waals surface area (Å²) in [6.45, 7) is 10.9. The summed E-state index contributed by atoms with van der Waals surface area (Å²) in [5.41, 5.74) is 0.402. The molecule has 0 saturated heterocycles. The van der Waals surface area contributed by atoms with Crippen LogP contribution < -0.4 is 5.32 Å². The highest BCUT2D eigenvalue weighted by molar-refractivity contribution is 5.92. The van der Waals surface area contributed by atoms with Crippen LogP contribution >= 0.6 is 0 Å². The van der Waals surface area contributed by atoms with Gasteiger partial charge in [0.15, 0.2) is 0 Å². The first-order valence-corrected chi connectivity index (χ1v) is 7.67. The second-order valence-corrected chi connectivity index (χ2v) is 4.80. The highest BCUT2D eigenvalue weighted by atomic mass is 16.2. The predicted molar refractivity (Wildman–Crippen MR) is 85.6 cm³/mol. The molecule has 0 aromatic carbocycles. The topological polar surface area (TPSA) is 61.4 Å². The van der Waals surface area contributed by atoms with Gasteiger partial charge in [-0.1, -0.05) is 13.8 Å². The van der Waals surface area contributed by atoms with Crippen molar-refractivity contribution < 1.29 is 4.79 Å². The zero-order valence-electron chi connectivity index (χ0n) is 13.6. The Morgan fingerprint density at radius 2 is 1.81 bits per heavy atom. The van der Waals surface area contributed by atoms with Gasteiger partial charge in [0.25, 0.3) is 5.91 Å². The minimum Gasteiger partial charge on any atom is -0.372 e. The van der Waals surface area contributed by atoms with Crippen molar-refractivity contribution in [2.24, 2.45) is 0 Å². The number of nitrogens with one attached hydrogen (secondary N) is 1. The molecule has 6 heteroatoms. The summed E-state index contributed by atoms with van der Waals surface area (Å²) in [6, 6.07) is 0. The Labute approximate surface area is 127 Å². The highest BCUT2D eigenvalue weighted by Gasteiger charge is 2.15. The van der Waals surface area contributed by atoms with Gasteiger partial charge >= 0.3 is 0 Å². The zero-order valence-corrected chi connectivity index (χ0v) is 13.6. The van der Waals surface area contributed by atoms with E-state index in [0.29, 0.717) is 18.1 Å². The molecular weight excluding hydrogens is 266 g/mol. The molecule has 1 rings (SSSR count). The second kappa shape index (κ2) is 9.28. The van der Waals surface area contributed by atoms with Gasteiger partial charge in [0.2, 0.25) is 0 Å². The number of aromatic nitrogens is 2. The third-order valence-corrected chi connectivity index (χ3v) is 3.59. The third kappa shape index (κ3) is 5.30. The summed E-state index contributed by atoms with van der Waals surface area (Å²) >= 11 is 0. The minimum absolute atomic E-state index is 0.0489. The molecule has 0 radical (unpaired) electrons. The minimum atomic E-state index is -0.0489. The molecule has 0 bridgehead atoms. The zero-order chi connectivity index (χ0) is 15.7. The van der Waals surface area contributed by atoms with E-state index >= 15 is 0 Å². The van der Waals surface area contributed by atoms with Crippen LogP contribution in [-0.2, 0) is 0 Å². The Morgan fingerprint density at radius 1 is 1.10 bits per heavy atom. The van der Waals surface area contributed by atoms with Crippen molar-refractivity contribution in [3.63, 3.8) is 0 Å². The largest absolute Gasteiger partial charge is 0.372 e. The standard InChI is InChI=1S/C15H27N5O/c1-5-19(6-2)9-8-10-20(7-3)15(21)13-11-18-14(16-4)12-17-13/h11-12H,5-10H2,1-4H3,(H,16,18). The van der Waals surface area contributed by atoms with Crippen molar-refractivity contribution >= 4 is 11.7 Å². The molecule has 0 unspecified atom stereocenters. The summed E-state index contributed by atoms with van der Waals surface area (Å²) in [6.07, 6.45) is 4.08. The van der Waals surface area contributed by atoms with Crippen molar-refractivity contribution in [2.45, 2.75) is 27.2 Å². The molecule has 0 spiro atoms. The smallest absolute Gasteiger partial charge is 0.274 e. The van der Waals surface area contributed by atoms with Gasteiger partial charge < -0.3 is 15.1 Å². The maximum atomic E-state index is 12.4. The summed E-state index contributed by atoms with van der Waals surface area (Å²) in [5, 5.41) is 2.89. The van der Waals surface area contributed by atoms with E-state index in [4.69, 9.17) is 0 Å². The third-order valence-electron chi connectivity index (χ3n) is 3.59. The van der Waals surface area contributed by atoms with E-state index in [2.05, 4.69) is 34.0 Å². The van der Waals surface area contributed by atoms with Crippen LogP contribution in [0.2, 0.25) is 0 Å². The number of carbonyl (C=O) groups is 1. The van der Waals surface area contributed by atoms with Gasteiger partial charge in [-0.3, -0.25) is 4.79 Å². The fourth-order valence-corrected chi connectivity index (χ4v) is 2.16. The molecule has 1 N–H and O–H groups in total. The number of nitrogens with zero attached hydrogens (tertiary/aromatic N) is 4. The van der Waals surface area contributed by atoms with Crippen molar-refractivity contribution in [3.05, 3.63) is 18.1 Å². The first kappa shape index (κ1) is 17.4. The molecule has 0 aliphatic rings. The monoisotopic (exact) mass is 293 g/mol. The molecule has 0 aliphatic heterocycles. The molecule has 0 atom stereocenters. The van der Waals surface area contributed by atoms with E-state index in [1.54, 1.807) is 13.2 Å². The number of hydrogen-bond acceptors (Lipinski definition) is 5. The Kier molecular flexibility index (Phi) is 7.68. The van der Waals surface area contributed by atoms with Crippen LogP contribution in [-0.4, -0.2) is 65.4 Å². The Morgan fingerprint density at radius 3 is 2.29 bits per heavy atom. The van der Waals surface area contributed by atoms with Crippen molar-refractivity contribution in [1.29, 1.82) is 0 Å². The fourth-order valence-electron chi connectivity index (χ4n) is 2.16. The van der Waals surface area contributed by atoms with E-state index in [-0.39, 0.29) is 5.91 Å². The molecule has 1 amide bonds. The number of amides is 1. The Bertz CT molecular complexity index is 417. The lowest BCUT2D eigenvalue weighted by Crippen LogP contribution is -2.34. The summed E-state index contributed by atoms with van der Waals surface area (Å²) < 4.78 is 0. The Balaban J connectivity index is 2.55. The van der Waals surface area contributed by atoms with E-state index in [1.807, 2.05) is 11.8 Å². The molecule has 0 aliphatic carbocycles. The van der Waals surface area contributed by atoms with E-state index in [9.17, 15) is 4.79 Å². The average molecular weight is 293 g/mol. The second-order valence-electron chi connectivity index (χ2n) is 4.80. The Hall–Kier alpha value is -1.69. The van der Waals surface area contributed by atoms with Gasteiger partial charge in [-0.2, -0.15) is 0 Å². The summed E-state index contributed by atoms with van der Waals surface area (Å²) in [4.78, 5) is 24.9. The summed E-state index contributed by atoms with van der Waals surface area (Å²) in [5.74, 6) is 0.614. The van der Waals surface area contributed by atoms with Gasteiger partial charge in [0.05, 0.1) is 12.4 Å². The normalized spacial score (nSPS) is 10.7. The number of carbonyl (C=O) groups excluding carboxylic acids is 1. The number of rotatable bonds is 9. The molecule has 118 valence electrons. The van der Waals surface area contributed by atoms with E-state index < -0.39 is 0 Å². The van der Waals surface area contributed by atoms with Gasteiger partial charge in [-0.25, -0.2) is 9.97 Å². The van der Waals surface area contributed by atoms with Crippen molar-refractivity contribution in [2.75, 3.05) is 45.1 Å². The van der Waals surface area contributed by atoms with Crippen LogP contribution in [0.15, 0.2) is 12.4 Å². The van der Waals surface area contributed by atoms with Gasteiger partial charge in [-0.05, 0) is 33.0 Å². The van der Waals surface area contributed by atoms with Crippen LogP contribution in [0.25, 0.3) is 0 Å². The van der Waals surface area contributed by atoms with Crippen LogP contribution in [0.5, 0.6) is 0 Å². The maximum absolute atomic E-state index is 12.4. The number of anilines is 1. The SMILES string of the molecule is CCN(CC)CCCN(CC)C(=O)c1cnc(NC)cn1. The van der Waals surface area contributed by atoms with Crippen LogP contribution in [0.1, 0.15) is 37.7 Å². The van der Waals surface area contributed by atoms with Gasteiger partial charge in [-0.15, -0.1) is 0 Å². The first-order chi connectivity index (χ1) is 10.2. The average Bonchev–Trinajstić information content (AvgIpc) is 2.55. The van der Waals surface area contributed by atoms with Crippen LogP contribution in [0, 0.1) is 0 Å². The molecule has 0 fully saturated rings. The highest BCUT2D eigenvalue weighted by Crippen LogP contribution is 2.05. The lowest BCUT2D eigenvalue weighted by molar-refractivity contribution is 0.0751. The lowest BCUT2D eigenvalue weighted by Gasteiger charge is -2.23. The van der Waals surface area contributed by atoms with Crippen molar-refractivity contribution in [3.8, 4) is 0 Å². The molecule has 1 aromatic heterocycles. The molecule has 1 heterocycles. The van der Waals surface area contributed by atoms with Crippen LogP contribution in [0.3, 0.4) is 0 Å². The fraction of sp³-hybridized carbons (Fsp3) is 0.667. The quantitative estimate of drug-likeness (QED) is 0.751. The van der Waals surface area contributed by atoms with Crippen LogP contribution in [0.4, 0.5) is 5.82 Å². The van der Waals surface area contributed by atoms with Gasteiger partial charge in [0, 0.05) is 20.1 Å². The molecular formula is C15H27N5O. The number of hydrogen-bond donors (Lipinski definition) is 1. The van der Waals surface area contributed by atoms with E-state index in [1.165, 1.54) is 6.20 Å². The molecule has 1 aromatic rings. The first-order valence-electron chi connectivity index (χ1n) is 7.67.